The lowest BCUT2D eigenvalue weighted by Crippen LogP contribution is -2.26. The van der Waals surface area contributed by atoms with Gasteiger partial charge in [0.2, 0.25) is 0 Å². The van der Waals surface area contributed by atoms with E-state index in [4.69, 9.17) is 9.26 Å². The molecule has 144 valence electrons. The molecule has 2 aromatic heterocycles. The molecule has 8 nitrogen and oxygen atoms in total. The fourth-order valence-corrected chi connectivity index (χ4v) is 2.62. The van der Waals surface area contributed by atoms with Crippen molar-refractivity contribution in [3.63, 3.8) is 0 Å². The molecule has 0 fully saturated rings. The molecule has 0 atom stereocenters. The Labute approximate surface area is 161 Å². The van der Waals surface area contributed by atoms with E-state index in [0.717, 1.165) is 11.3 Å². The number of aryl methyl sites for hydroxylation is 1. The maximum Gasteiger partial charge on any atom is 0.258 e. The number of hydrogen-bond acceptors (Lipinski definition) is 6. The Morgan fingerprint density at radius 1 is 1.11 bits per heavy atom. The number of ether oxygens (including phenoxy) is 1. The van der Waals surface area contributed by atoms with Crippen LogP contribution >= 0.6 is 0 Å². The van der Waals surface area contributed by atoms with Gasteiger partial charge in [-0.25, -0.2) is 0 Å². The van der Waals surface area contributed by atoms with Gasteiger partial charge in [0.05, 0.1) is 18.2 Å². The Morgan fingerprint density at radius 2 is 1.86 bits per heavy atom. The number of anilines is 1. The van der Waals surface area contributed by atoms with Gasteiger partial charge >= 0.3 is 0 Å². The number of benzene rings is 1. The van der Waals surface area contributed by atoms with Crippen LogP contribution in [0.3, 0.4) is 0 Å². The van der Waals surface area contributed by atoms with Crippen LogP contribution in [0.1, 0.15) is 32.0 Å². The van der Waals surface area contributed by atoms with Crippen LogP contribution in [0.5, 0.6) is 5.75 Å². The normalized spacial score (nSPS) is 10.4. The van der Waals surface area contributed by atoms with Gasteiger partial charge in [0.25, 0.3) is 11.8 Å². The van der Waals surface area contributed by atoms with Gasteiger partial charge in [-0.05, 0) is 31.0 Å². The molecular weight excluding hydrogens is 360 g/mol. The van der Waals surface area contributed by atoms with Crippen LogP contribution in [0.15, 0.2) is 53.3 Å². The number of pyridine rings is 1. The van der Waals surface area contributed by atoms with Gasteiger partial charge in [-0.2, -0.15) is 0 Å². The molecule has 2 amide bonds. The second kappa shape index (κ2) is 8.81. The highest BCUT2D eigenvalue weighted by Gasteiger charge is 2.13. The number of carbonyl (C=O) groups is 2. The first-order valence-corrected chi connectivity index (χ1v) is 8.66. The Bertz CT molecular complexity index is 984. The summed E-state index contributed by atoms with van der Waals surface area (Å²) in [6.07, 6.45) is 3.41. The van der Waals surface area contributed by atoms with E-state index >= 15 is 0 Å². The van der Waals surface area contributed by atoms with Crippen molar-refractivity contribution in [1.29, 1.82) is 0 Å². The second-order valence-corrected chi connectivity index (χ2v) is 6.06. The summed E-state index contributed by atoms with van der Waals surface area (Å²) in [4.78, 5) is 28.7. The van der Waals surface area contributed by atoms with E-state index in [1.807, 2.05) is 24.3 Å². The van der Waals surface area contributed by atoms with Gasteiger partial charge in [-0.3, -0.25) is 14.6 Å². The Kier molecular flexibility index (Phi) is 6.01. The number of carbonyl (C=O) groups excluding carboxylic acids is 2. The standard InChI is InChI=1S/C20H20N4O4/c1-13-9-18(24-28-13)23-20(26)16-10-15(11-21-12-16)19(25)22-8-7-14-5-3-4-6-17(14)27-2/h3-6,9-12H,7-8H2,1-2H3,(H,22,25)(H,23,24,26). The van der Waals surface area contributed by atoms with E-state index in [1.54, 1.807) is 20.1 Å². The molecule has 0 saturated carbocycles. The van der Waals surface area contributed by atoms with Crippen molar-refractivity contribution < 1.29 is 18.8 Å². The van der Waals surface area contributed by atoms with Crippen LogP contribution in [0.25, 0.3) is 0 Å². The lowest BCUT2D eigenvalue weighted by molar-refractivity contribution is 0.0953. The zero-order valence-electron chi connectivity index (χ0n) is 15.6. The largest absolute Gasteiger partial charge is 0.496 e. The molecule has 0 bridgehead atoms. The smallest absolute Gasteiger partial charge is 0.258 e. The Hall–Kier alpha value is -3.68. The summed E-state index contributed by atoms with van der Waals surface area (Å²) in [6, 6.07) is 10.7. The van der Waals surface area contributed by atoms with Gasteiger partial charge < -0.3 is 19.9 Å². The summed E-state index contributed by atoms with van der Waals surface area (Å²) in [5.74, 6) is 0.921. The van der Waals surface area contributed by atoms with Crippen molar-refractivity contribution >= 4 is 17.6 Å². The SMILES string of the molecule is COc1ccccc1CCNC(=O)c1cncc(C(=O)Nc2cc(C)on2)c1. The molecule has 0 aliphatic heterocycles. The van der Waals surface area contributed by atoms with Crippen molar-refractivity contribution in [2.45, 2.75) is 13.3 Å². The van der Waals surface area contributed by atoms with Crippen LogP contribution in [0, 0.1) is 6.92 Å². The van der Waals surface area contributed by atoms with Crippen LogP contribution in [0.2, 0.25) is 0 Å². The number of amides is 2. The monoisotopic (exact) mass is 380 g/mol. The second-order valence-electron chi connectivity index (χ2n) is 6.06. The number of nitrogens with one attached hydrogen (secondary N) is 2. The summed E-state index contributed by atoms with van der Waals surface area (Å²) in [7, 11) is 1.61. The molecule has 2 N–H and O–H groups in total. The van der Waals surface area contributed by atoms with E-state index in [2.05, 4.69) is 20.8 Å². The summed E-state index contributed by atoms with van der Waals surface area (Å²) < 4.78 is 10.2. The Morgan fingerprint density at radius 3 is 2.57 bits per heavy atom. The van der Waals surface area contributed by atoms with Crippen molar-refractivity contribution in [3.8, 4) is 5.75 Å². The van der Waals surface area contributed by atoms with E-state index in [1.165, 1.54) is 18.5 Å². The molecular formula is C20H20N4O4. The van der Waals surface area contributed by atoms with Crippen LogP contribution < -0.4 is 15.4 Å². The maximum absolute atomic E-state index is 12.4. The zero-order chi connectivity index (χ0) is 19.9. The van der Waals surface area contributed by atoms with Gasteiger partial charge in [-0.15, -0.1) is 0 Å². The number of rotatable bonds is 7. The molecule has 1 aromatic carbocycles. The maximum atomic E-state index is 12.4. The lowest BCUT2D eigenvalue weighted by atomic mass is 10.1. The average Bonchev–Trinajstić information content (AvgIpc) is 3.13. The molecule has 8 heteroatoms. The summed E-state index contributed by atoms with van der Waals surface area (Å²) in [6.45, 7) is 2.15. The molecule has 0 spiro atoms. The molecule has 28 heavy (non-hydrogen) atoms. The van der Waals surface area contributed by atoms with Crippen molar-refractivity contribution in [2.75, 3.05) is 19.0 Å². The summed E-state index contributed by atoms with van der Waals surface area (Å²) in [5.41, 5.74) is 1.54. The lowest BCUT2D eigenvalue weighted by Gasteiger charge is -2.09. The molecule has 0 radical (unpaired) electrons. The molecule has 0 saturated heterocycles. The molecule has 3 aromatic rings. The number of nitrogens with zero attached hydrogens (tertiary/aromatic N) is 2. The van der Waals surface area contributed by atoms with Crippen LogP contribution in [-0.2, 0) is 6.42 Å². The first-order valence-electron chi connectivity index (χ1n) is 8.66. The highest BCUT2D eigenvalue weighted by molar-refractivity contribution is 6.05. The fraction of sp³-hybridized carbons (Fsp3) is 0.200. The predicted octanol–water partition coefficient (Wildman–Crippen LogP) is 2.61. The molecule has 0 aliphatic rings. The minimum Gasteiger partial charge on any atom is -0.496 e. The number of hydrogen-bond donors (Lipinski definition) is 2. The first kappa shape index (κ1) is 19.1. The van der Waals surface area contributed by atoms with Gasteiger partial charge in [0.1, 0.15) is 11.5 Å². The van der Waals surface area contributed by atoms with Gasteiger partial charge in [-0.1, -0.05) is 23.4 Å². The van der Waals surface area contributed by atoms with E-state index in [9.17, 15) is 9.59 Å². The van der Waals surface area contributed by atoms with Gasteiger partial charge in [0, 0.05) is 25.0 Å². The number of para-hydroxylation sites is 1. The minimum absolute atomic E-state index is 0.248. The third-order valence-electron chi connectivity index (χ3n) is 4.00. The van der Waals surface area contributed by atoms with E-state index in [-0.39, 0.29) is 11.5 Å². The average molecular weight is 380 g/mol. The third-order valence-corrected chi connectivity index (χ3v) is 4.00. The minimum atomic E-state index is -0.426. The highest BCUT2D eigenvalue weighted by atomic mass is 16.5. The summed E-state index contributed by atoms with van der Waals surface area (Å²) in [5, 5.41) is 9.12. The zero-order valence-corrected chi connectivity index (χ0v) is 15.6. The number of methoxy groups -OCH3 is 1. The van der Waals surface area contributed by atoms with Crippen LogP contribution in [-0.4, -0.2) is 35.6 Å². The van der Waals surface area contributed by atoms with Crippen molar-refractivity contribution in [1.82, 2.24) is 15.5 Å². The third kappa shape index (κ3) is 4.73. The fourth-order valence-electron chi connectivity index (χ4n) is 2.62. The molecule has 3 rings (SSSR count). The molecule has 2 heterocycles. The van der Waals surface area contributed by atoms with Crippen LogP contribution in [0.4, 0.5) is 5.82 Å². The quantitative estimate of drug-likeness (QED) is 0.653. The predicted molar refractivity (Wildman–Crippen MR) is 102 cm³/mol. The highest BCUT2D eigenvalue weighted by Crippen LogP contribution is 2.17. The van der Waals surface area contributed by atoms with E-state index < -0.39 is 5.91 Å². The van der Waals surface area contributed by atoms with Crippen molar-refractivity contribution in [2.24, 2.45) is 0 Å². The Balaban J connectivity index is 1.59. The van der Waals surface area contributed by atoms with Crippen molar-refractivity contribution in [3.05, 3.63) is 71.2 Å². The first-order chi connectivity index (χ1) is 13.6. The van der Waals surface area contributed by atoms with Gasteiger partial charge in [0.15, 0.2) is 5.82 Å². The number of aromatic nitrogens is 2. The molecule has 0 aliphatic carbocycles. The summed E-state index contributed by atoms with van der Waals surface area (Å²) >= 11 is 0. The topological polar surface area (TPSA) is 106 Å². The molecule has 0 unspecified atom stereocenters. The van der Waals surface area contributed by atoms with E-state index in [0.29, 0.717) is 30.1 Å².